The van der Waals surface area contributed by atoms with Crippen molar-refractivity contribution in [2.75, 3.05) is 6.54 Å². The van der Waals surface area contributed by atoms with Crippen molar-refractivity contribution in [1.29, 1.82) is 0 Å². The third-order valence-electron chi connectivity index (χ3n) is 2.93. The number of aliphatic hydroxyl groups is 1. The van der Waals surface area contributed by atoms with Gasteiger partial charge in [0.15, 0.2) is 0 Å². The number of ether oxygens (including phenoxy) is 1. The van der Waals surface area contributed by atoms with Crippen molar-refractivity contribution < 1.29 is 14.6 Å². The van der Waals surface area contributed by atoms with Crippen molar-refractivity contribution in [1.82, 2.24) is 5.32 Å². The van der Waals surface area contributed by atoms with Gasteiger partial charge in [-0.2, -0.15) is 0 Å². The van der Waals surface area contributed by atoms with E-state index in [-0.39, 0.29) is 30.1 Å². The van der Waals surface area contributed by atoms with Gasteiger partial charge in [0, 0.05) is 12.5 Å². The van der Waals surface area contributed by atoms with Crippen LogP contribution in [0.5, 0.6) is 0 Å². The Hall–Kier alpha value is -0.610. The topological polar surface area (TPSA) is 58.6 Å². The third kappa shape index (κ3) is 4.49. The molecule has 1 amide bonds. The monoisotopic (exact) mass is 229 g/mol. The minimum Gasteiger partial charge on any atom is -0.393 e. The largest absolute Gasteiger partial charge is 0.393 e. The molecule has 0 bridgehead atoms. The van der Waals surface area contributed by atoms with Crippen molar-refractivity contribution in [2.45, 2.75) is 58.3 Å². The summed E-state index contributed by atoms with van der Waals surface area (Å²) < 4.78 is 5.59. The number of aliphatic hydroxyl groups excluding tert-OH is 1. The summed E-state index contributed by atoms with van der Waals surface area (Å²) in [5.41, 5.74) is 0. The maximum absolute atomic E-state index is 11.8. The van der Waals surface area contributed by atoms with Crippen molar-refractivity contribution in [2.24, 2.45) is 5.92 Å². The molecular weight excluding hydrogens is 206 g/mol. The van der Waals surface area contributed by atoms with Gasteiger partial charge >= 0.3 is 0 Å². The molecule has 4 nitrogen and oxygen atoms in total. The van der Waals surface area contributed by atoms with Gasteiger partial charge in [0.05, 0.1) is 18.3 Å². The summed E-state index contributed by atoms with van der Waals surface area (Å²) in [5.74, 6) is 0.162. The second kappa shape index (κ2) is 6.21. The molecule has 1 fully saturated rings. The van der Waals surface area contributed by atoms with Gasteiger partial charge in [-0.3, -0.25) is 4.79 Å². The van der Waals surface area contributed by atoms with Crippen LogP contribution in [0.2, 0.25) is 0 Å². The summed E-state index contributed by atoms with van der Waals surface area (Å²) in [5, 5.41) is 12.0. The minimum atomic E-state index is -0.354. The number of hydrogen-bond acceptors (Lipinski definition) is 3. The van der Waals surface area contributed by atoms with Gasteiger partial charge in [0.25, 0.3) is 0 Å². The Morgan fingerprint density at radius 3 is 2.50 bits per heavy atom. The summed E-state index contributed by atoms with van der Waals surface area (Å²) >= 11 is 0. The zero-order valence-corrected chi connectivity index (χ0v) is 10.4. The van der Waals surface area contributed by atoms with E-state index < -0.39 is 0 Å². The quantitative estimate of drug-likeness (QED) is 0.758. The maximum atomic E-state index is 11.8. The Bertz CT molecular complexity index is 220. The zero-order valence-electron chi connectivity index (χ0n) is 10.4. The molecule has 0 aromatic heterocycles. The van der Waals surface area contributed by atoms with Gasteiger partial charge in [-0.15, -0.1) is 0 Å². The normalized spacial score (nSPS) is 32.1. The standard InChI is InChI=1S/C12H23NO3/c1-8(14)4-5-13-12(15)11-6-9(2)16-10(3)7-11/h8-11,14H,4-7H2,1-3H3,(H,13,15). The smallest absolute Gasteiger partial charge is 0.223 e. The molecule has 4 heteroatoms. The van der Waals surface area contributed by atoms with Gasteiger partial charge < -0.3 is 15.2 Å². The van der Waals surface area contributed by atoms with Crippen molar-refractivity contribution >= 4 is 5.91 Å². The molecule has 16 heavy (non-hydrogen) atoms. The molecule has 1 aliphatic heterocycles. The number of carbonyl (C=O) groups is 1. The van der Waals surface area contributed by atoms with E-state index in [4.69, 9.17) is 9.84 Å². The van der Waals surface area contributed by atoms with Crippen LogP contribution < -0.4 is 5.32 Å². The molecule has 1 aliphatic rings. The van der Waals surface area contributed by atoms with E-state index in [9.17, 15) is 4.79 Å². The Balaban J connectivity index is 2.30. The van der Waals surface area contributed by atoms with Crippen molar-refractivity contribution in [3.63, 3.8) is 0 Å². The van der Waals surface area contributed by atoms with Crippen molar-refractivity contribution in [3.8, 4) is 0 Å². The Labute approximate surface area is 97.4 Å². The summed E-state index contributed by atoms with van der Waals surface area (Å²) in [6.07, 6.45) is 2.18. The fraction of sp³-hybridized carbons (Fsp3) is 0.917. The summed E-state index contributed by atoms with van der Waals surface area (Å²) in [6.45, 7) is 6.29. The van der Waals surface area contributed by atoms with E-state index in [1.54, 1.807) is 6.92 Å². The van der Waals surface area contributed by atoms with Gasteiger partial charge in [0.2, 0.25) is 5.91 Å². The second-order valence-corrected chi connectivity index (χ2v) is 4.85. The first kappa shape index (κ1) is 13.5. The lowest BCUT2D eigenvalue weighted by atomic mass is 9.92. The first-order valence-electron chi connectivity index (χ1n) is 6.10. The molecule has 0 radical (unpaired) electrons. The summed E-state index contributed by atoms with van der Waals surface area (Å²) in [4.78, 5) is 11.8. The maximum Gasteiger partial charge on any atom is 0.223 e. The van der Waals surface area contributed by atoms with Gasteiger partial charge in [-0.1, -0.05) is 0 Å². The molecule has 1 heterocycles. The predicted octanol–water partition coefficient (Wildman–Crippen LogP) is 1.08. The SMILES string of the molecule is CC(O)CCNC(=O)C1CC(C)OC(C)C1. The van der Waals surface area contributed by atoms with Gasteiger partial charge in [0.1, 0.15) is 0 Å². The van der Waals surface area contributed by atoms with E-state index >= 15 is 0 Å². The average molecular weight is 229 g/mol. The number of hydrogen-bond donors (Lipinski definition) is 2. The molecule has 2 N–H and O–H groups in total. The molecule has 3 atom stereocenters. The molecule has 0 saturated carbocycles. The fourth-order valence-corrected chi connectivity index (χ4v) is 2.17. The Morgan fingerprint density at radius 2 is 2.00 bits per heavy atom. The highest BCUT2D eigenvalue weighted by molar-refractivity contribution is 5.78. The van der Waals surface area contributed by atoms with Crippen LogP contribution in [-0.2, 0) is 9.53 Å². The van der Waals surface area contributed by atoms with Crippen LogP contribution in [0.3, 0.4) is 0 Å². The second-order valence-electron chi connectivity index (χ2n) is 4.85. The number of rotatable bonds is 4. The molecule has 0 aromatic rings. The van der Waals surface area contributed by atoms with Crippen LogP contribution in [0.1, 0.15) is 40.0 Å². The van der Waals surface area contributed by atoms with Crippen molar-refractivity contribution in [3.05, 3.63) is 0 Å². The fourth-order valence-electron chi connectivity index (χ4n) is 2.17. The molecular formula is C12H23NO3. The lowest BCUT2D eigenvalue weighted by Crippen LogP contribution is -2.39. The van der Waals surface area contributed by atoms with Crippen LogP contribution in [0, 0.1) is 5.92 Å². The molecule has 0 aromatic carbocycles. The lowest BCUT2D eigenvalue weighted by Gasteiger charge is -2.31. The highest BCUT2D eigenvalue weighted by Crippen LogP contribution is 2.24. The van der Waals surface area contributed by atoms with Crippen LogP contribution in [0.4, 0.5) is 0 Å². The molecule has 3 unspecified atom stereocenters. The summed E-state index contributed by atoms with van der Waals surface area (Å²) in [6, 6.07) is 0. The molecule has 94 valence electrons. The lowest BCUT2D eigenvalue weighted by molar-refractivity contribution is -0.133. The first-order valence-corrected chi connectivity index (χ1v) is 6.10. The molecule has 0 spiro atoms. The van der Waals surface area contributed by atoms with E-state index in [0.717, 1.165) is 12.8 Å². The predicted molar refractivity (Wildman–Crippen MR) is 62.0 cm³/mol. The van der Waals surface area contributed by atoms with Crippen LogP contribution in [0.25, 0.3) is 0 Å². The highest BCUT2D eigenvalue weighted by atomic mass is 16.5. The van der Waals surface area contributed by atoms with E-state index in [0.29, 0.717) is 13.0 Å². The minimum absolute atomic E-state index is 0.0627. The third-order valence-corrected chi connectivity index (χ3v) is 2.93. The Kier molecular flexibility index (Phi) is 5.22. The van der Waals surface area contributed by atoms with Crippen LogP contribution in [-0.4, -0.2) is 35.9 Å². The number of amides is 1. The highest BCUT2D eigenvalue weighted by Gasteiger charge is 2.29. The molecule has 0 aliphatic carbocycles. The van der Waals surface area contributed by atoms with Gasteiger partial charge in [-0.05, 0) is 40.0 Å². The number of carbonyl (C=O) groups excluding carboxylic acids is 1. The Morgan fingerprint density at radius 1 is 1.44 bits per heavy atom. The zero-order chi connectivity index (χ0) is 12.1. The van der Waals surface area contributed by atoms with Crippen LogP contribution in [0.15, 0.2) is 0 Å². The van der Waals surface area contributed by atoms with Crippen LogP contribution >= 0.6 is 0 Å². The summed E-state index contributed by atoms with van der Waals surface area (Å²) in [7, 11) is 0. The first-order chi connectivity index (χ1) is 7.49. The molecule has 1 saturated heterocycles. The van der Waals surface area contributed by atoms with Gasteiger partial charge in [-0.25, -0.2) is 0 Å². The van der Waals surface area contributed by atoms with E-state index in [2.05, 4.69) is 5.32 Å². The molecule has 1 rings (SSSR count). The van der Waals surface area contributed by atoms with E-state index in [1.807, 2.05) is 13.8 Å². The average Bonchev–Trinajstić information content (AvgIpc) is 2.15. The van der Waals surface area contributed by atoms with E-state index in [1.165, 1.54) is 0 Å². The number of nitrogens with one attached hydrogen (secondary N) is 1.